The van der Waals surface area contributed by atoms with Crippen molar-refractivity contribution in [1.82, 2.24) is 5.32 Å². The van der Waals surface area contributed by atoms with Gasteiger partial charge in [-0.15, -0.1) is 0 Å². The lowest BCUT2D eigenvalue weighted by Crippen LogP contribution is -2.30. The van der Waals surface area contributed by atoms with Crippen LogP contribution in [0.2, 0.25) is 0 Å². The Morgan fingerprint density at radius 3 is 2.40 bits per heavy atom. The van der Waals surface area contributed by atoms with E-state index < -0.39 is 24.5 Å². The Morgan fingerprint density at radius 1 is 1.08 bits per heavy atom. The van der Waals surface area contributed by atoms with Crippen molar-refractivity contribution in [2.24, 2.45) is 0 Å². The Hall–Kier alpha value is -3.61. The van der Waals surface area contributed by atoms with Crippen molar-refractivity contribution in [3.8, 4) is 5.75 Å². The van der Waals surface area contributed by atoms with E-state index in [9.17, 15) is 14.4 Å². The smallest absolute Gasteiger partial charge is 0.341 e. The molecule has 7 heteroatoms. The summed E-state index contributed by atoms with van der Waals surface area (Å²) in [6, 6.07) is 14.6. The number of amides is 3. The summed E-state index contributed by atoms with van der Waals surface area (Å²) in [4.78, 5) is 36.0. The number of carbonyl (C=O) groups excluding carboxylic acids is 2. The maximum Gasteiger partial charge on any atom is 0.341 e. The molecule has 1 aliphatic rings. The first kappa shape index (κ1) is 16.3. The van der Waals surface area contributed by atoms with Crippen LogP contribution in [-0.4, -0.2) is 29.6 Å². The lowest BCUT2D eigenvalue weighted by molar-refractivity contribution is -0.139. The van der Waals surface area contributed by atoms with Gasteiger partial charge in [-0.2, -0.15) is 0 Å². The van der Waals surface area contributed by atoms with Gasteiger partial charge in [0.25, 0.3) is 5.91 Å². The van der Waals surface area contributed by atoms with Crippen molar-refractivity contribution >= 4 is 29.7 Å². The third-order valence-corrected chi connectivity index (χ3v) is 3.45. The molecule has 126 valence electrons. The number of urea groups is 1. The van der Waals surface area contributed by atoms with E-state index in [1.807, 2.05) is 0 Å². The average molecular weight is 338 g/mol. The molecule has 0 radical (unpaired) electrons. The standard InChI is InChI=1S/C18H14N2O5/c21-16(22)11-25-14-8-6-12(7-9-14)10-15-17(23)20(18(24)19-15)13-4-2-1-3-5-13/h1-10H,11H2,(H,19,24)(H,21,22)/b15-10+. The highest BCUT2D eigenvalue weighted by atomic mass is 16.5. The molecule has 0 atom stereocenters. The SMILES string of the molecule is O=C(O)COc1ccc(/C=C2/NC(=O)N(c3ccccc3)C2=O)cc1. The lowest BCUT2D eigenvalue weighted by atomic mass is 10.2. The largest absolute Gasteiger partial charge is 0.482 e. The van der Waals surface area contributed by atoms with Crippen molar-refractivity contribution in [2.75, 3.05) is 11.5 Å². The summed E-state index contributed by atoms with van der Waals surface area (Å²) in [7, 11) is 0. The zero-order valence-corrected chi connectivity index (χ0v) is 13.0. The van der Waals surface area contributed by atoms with Crippen LogP contribution in [0.15, 0.2) is 60.3 Å². The molecule has 3 rings (SSSR count). The molecule has 2 aromatic carbocycles. The number of carbonyl (C=O) groups is 3. The van der Waals surface area contributed by atoms with Gasteiger partial charge in [0.05, 0.1) is 5.69 Å². The Bertz CT molecular complexity index is 844. The van der Waals surface area contributed by atoms with Crippen LogP contribution in [-0.2, 0) is 9.59 Å². The molecule has 3 amide bonds. The van der Waals surface area contributed by atoms with Crippen molar-refractivity contribution in [2.45, 2.75) is 0 Å². The van der Waals surface area contributed by atoms with Gasteiger partial charge in [0, 0.05) is 0 Å². The van der Waals surface area contributed by atoms with Crippen LogP contribution in [0.5, 0.6) is 5.75 Å². The van der Waals surface area contributed by atoms with Gasteiger partial charge in [-0.3, -0.25) is 4.79 Å². The summed E-state index contributed by atoms with van der Waals surface area (Å²) in [6.45, 7) is -0.430. The number of rotatable bonds is 5. The third-order valence-electron chi connectivity index (χ3n) is 3.45. The summed E-state index contributed by atoms with van der Waals surface area (Å²) in [5.41, 5.74) is 1.32. The molecular formula is C18H14N2O5. The number of anilines is 1. The van der Waals surface area contributed by atoms with Gasteiger partial charge in [0.1, 0.15) is 11.4 Å². The van der Waals surface area contributed by atoms with Gasteiger partial charge in [-0.25, -0.2) is 14.5 Å². The molecule has 0 aromatic heterocycles. The van der Waals surface area contributed by atoms with Crippen LogP contribution < -0.4 is 15.0 Å². The molecule has 0 saturated carbocycles. The number of hydrogen-bond donors (Lipinski definition) is 2. The van der Waals surface area contributed by atoms with E-state index in [-0.39, 0.29) is 5.70 Å². The quantitative estimate of drug-likeness (QED) is 0.644. The van der Waals surface area contributed by atoms with Gasteiger partial charge >= 0.3 is 12.0 Å². The van der Waals surface area contributed by atoms with Gasteiger partial charge in [-0.1, -0.05) is 30.3 Å². The highest BCUT2D eigenvalue weighted by Gasteiger charge is 2.34. The number of ether oxygens (including phenoxy) is 1. The molecule has 2 aromatic rings. The lowest BCUT2D eigenvalue weighted by Gasteiger charge is -2.10. The van der Waals surface area contributed by atoms with Crippen LogP contribution in [0.4, 0.5) is 10.5 Å². The molecule has 1 saturated heterocycles. The van der Waals surface area contributed by atoms with Crippen LogP contribution in [0.1, 0.15) is 5.56 Å². The van der Waals surface area contributed by atoms with Gasteiger partial charge < -0.3 is 15.2 Å². The minimum absolute atomic E-state index is 0.160. The molecule has 0 aliphatic carbocycles. The summed E-state index contributed by atoms with van der Waals surface area (Å²) >= 11 is 0. The predicted octanol–water partition coefficient (Wildman–Crippen LogP) is 2.25. The second-order valence-electron chi connectivity index (χ2n) is 5.22. The third kappa shape index (κ3) is 3.66. The van der Waals surface area contributed by atoms with Crippen LogP contribution >= 0.6 is 0 Å². The number of para-hydroxylation sites is 1. The van der Waals surface area contributed by atoms with E-state index in [4.69, 9.17) is 9.84 Å². The fourth-order valence-corrected chi connectivity index (χ4v) is 2.32. The van der Waals surface area contributed by atoms with Crippen LogP contribution in [0, 0.1) is 0 Å². The Balaban J connectivity index is 1.77. The number of imide groups is 1. The molecule has 1 aliphatic heterocycles. The molecule has 25 heavy (non-hydrogen) atoms. The first-order chi connectivity index (χ1) is 12.0. The molecule has 0 spiro atoms. The van der Waals surface area contributed by atoms with Gasteiger partial charge in [0.2, 0.25) is 0 Å². The summed E-state index contributed by atoms with van der Waals surface area (Å²) in [6.07, 6.45) is 1.55. The van der Waals surface area contributed by atoms with Gasteiger partial charge in [-0.05, 0) is 35.9 Å². The summed E-state index contributed by atoms with van der Waals surface area (Å²) in [5, 5.41) is 11.1. The molecule has 7 nitrogen and oxygen atoms in total. The minimum Gasteiger partial charge on any atom is -0.482 e. The van der Waals surface area contributed by atoms with Gasteiger partial charge in [0.15, 0.2) is 6.61 Å². The number of nitrogens with zero attached hydrogens (tertiary/aromatic N) is 1. The molecule has 0 bridgehead atoms. The average Bonchev–Trinajstić information content (AvgIpc) is 2.88. The fraction of sp³-hybridized carbons (Fsp3) is 0.0556. The molecule has 1 heterocycles. The maximum atomic E-state index is 12.4. The summed E-state index contributed by atoms with van der Waals surface area (Å²) in [5.74, 6) is -1.11. The van der Waals surface area contributed by atoms with E-state index in [0.717, 1.165) is 4.90 Å². The number of hydrogen-bond acceptors (Lipinski definition) is 4. The normalized spacial score (nSPS) is 15.4. The summed E-state index contributed by atoms with van der Waals surface area (Å²) < 4.78 is 5.04. The van der Waals surface area contributed by atoms with Crippen LogP contribution in [0.25, 0.3) is 6.08 Å². The van der Waals surface area contributed by atoms with Crippen molar-refractivity contribution in [3.05, 3.63) is 65.9 Å². The topological polar surface area (TPSA) is 95.9 Å². The first-order valence-electron chi connectivity index (χ1n) is 7.41. The van der Waals surface area contributed by atoms with E-state index in [1.165, 1.54) is 0 Å². The van der Waals surface area contributed by atoms with E-state index in [1.54, 1.807) is 60.7 Å². The highest BCUT2D eigenvalue weighted by molar-refractivity contribution is 6.28. The van der Waals surface area contributed by atoms with Crippen molar-refractivity contribution < 1.29 is 24.2 Å². The minimum atomic E-state index is -1.06. The Labute approximate surface area is 143 Å². The predicted molar refractivity (Wildman–Crippen MR) is 90.0 cm³/mol. The number of carboxylic acids is 1. The molecule has 0 unspecified atom stereocenters. The number of benzene rings is 2. The number of carboxylic acid groups (broad SMARTS) is 1. The molecule has 1 fully saturated rings. The highest BCUT2D eigenvalue weighted by Crippen LogP contribution is 2.22. The second kappa shape index (κ2) is 6.88. The van der Waals surface area contributed by atoms with Crippen molar-refractivity contribution in [1.29, 1.82) is 0 Å². The fourth-order valence-electron chi connectivity index (χ4n) is 2.32. The monoisotopic (exact) mass is 338 g/mol. The second-order valence-corrected chi connectivity index (χ2v) is 5.22. The number of aliphatic carboxylic acids is 1. The van der Waals surface area contributed by atoms with Crippen LogP contribution in [0.3, 0.4) is 0 Å². The first-order valence-corrected chi connectivity index (χ1v) is 7.41. The van der Waals surface area contributed by atoms with Crippen molar-refractivity contribution in [3.63, 3.8) is 0 Å². The zero-order chi connectivity index (χ0) is 17.8. The molecular weight excluding hydrogens is 324 g/mol. The Kier molecular flexibility index (Phi) is 4.47. The molecule has 2 N–H and O–H groups in total. The Morgan fingerprint density at radius 2 is 1.76 bits per heavy atom. The number of nitrogens with one attached hydrogen (secondary N) is 1. The van der Waals surface area contributed by atoms with E-state index in [0.29, 0.717) is 17.0 Å². The maximum absolute atomic E-state index is 12.4. The van der Waals surface area contributed by atoms with E-state index in [2.05, 4.69) is 5.32 Å². The zero-order valence-electron chi connectivity index (χ0n) is 13.0. The van der Waals surface area contributed by atoms with E-state index >= 15 is 0 Å².